The van der Waals surface area contributed by atoms with Gasteiger partial charge in [0.2, 0.25) is 11.8 Å². The van der Waals surface area contributed by atoms with E-state index in [1.165, 1.54) is 11.0 Å². The average Bonchev–Trinajstić information content (AvgIpc) is 2.45. The van der Waals surface area contributed by atoms with E-state index in [9.17, 15) is 14.7 Å². The van der Waals surface area contributed by atoms with Crippen LogP contribution in [0.15, 0.2) is 18.2 Å². The predicted octanol–water partition coefficient (Wildman–Crippen LogP) is 2.13. The molecule has 0 atom stereocenters. The summed E-state index contributed by atoms with van der Waals surface area (Å²) in [6, 6.07) is 4.77. The maximum Gasteiger partial charge on any atom is 0.233 e. The first-order valence-electron chi connectivity index (χ1n) is 5.75. The number of phenolic OH excluding ortho intramolecular Hbond substituents is 1. The molecule has 1 aliphatic heterocycles. The molecule has 1 heterocycles. The Hall–Kier alpha value is -1.84. The van der Waals surface area contributed by atoms with Crippen LogP contribution >= 0.6 is 0 Å². The lowest BCUT2D eigenvalue weighted by Gasteiger charge is -2.19. The van der Waals surface area contributed by atoms with Gasteiger partial charge in [-0.1, -0.05) is 0 Å². The number of carbonyl (C=O) groups is 2. The number of aromatic hydroxyl groups is 1. The van der Waals surface area contributed by atoms with Crippen LogP contribution in [0.4, 0.5) is 5.69 Å². The van der Waals surface area contributed by atoms with Gasteiger partial charge in [-0.2, -0.15) is 0 Å². The van der Waals surface area contributed by atoms with E-state index in [0.717, 1.165) is 12.8 Å². The quantitative estimate of drug-likeness (QED) is 0.756. The predicted molar refractivity (Wildman–Crippen MR) is 63.8 cm³/mol. The lowest BCUT2D eigenvalue weighted by Crippen LogP contribution is -2.35. The minimum Gasteiger partial charge on any atom is -0.508 e. The highest BCUT2D eigenvalue weighted by Crippen LogP contribution is 2.26. The normalized spacial score (nSPS) is 17.1. The summed E-state index contributed by atoms with van der Waals surface area (Å²) in [6.07, 6.45) is 2.34. The molecule has 1 saturated heterocycles. The van der Waals surface area contributed by atoms with E-state index in [1.54, 1.807) is 19.1 Å². The van der Waals surface area contributed by atoms with Crippen molar-refractivity contribution in [3.8, 4) is 5.75 Å². The first-order valence-corrected chi connectivity index (χ1v) is 5.75. The van der Waals surface area contributed by atoms with Crippen LogP contribution in [0.2, 0.25) is 0 Å². The molecular weight excluding hydrogens is 218 g/mol. The van der Waals surface area contributed by atoms with E-state index in [-0.39, 0.29) is 17.6 Å². The summed E-state index contributed by atoms with van der Waals surface area (Å²) in [5, 5.41) is 9.44. The van der Waals surface area contributed by atoms with Gasteiger partial charge in [-0.05, 0) is 43.5 Å². The van der Waals surface area contributed by atoms with E-state index in [1.807, 2.05) is 0 Å². The zero-order valence-corrected chi connectivity index (χ0v) is 9.77. The molecule has 90 valence electrons. The number of amides is 2. The van der Waals surface area contributed by atoms with Crippen LogP contribution in [0.3, 0.4) is 0 Å². The number of rotatable bonds is 1. The third-order valence-corrected chi connectivity index (χ3v) is 2.97. The number of hydrogen-bond acceptors (Lipinski definition) is 3. The Morgan fingerprint density at radius 3 is 2.24 bits per heavy atom. The number of benzene rings is 1. The van der Waals surface area contributed by atoms with Gasteiger partial charge in [0, 0.05) is 12.8 Å². The Balaban J connectivity index is 2.38. The van der Waals surface area contributed by atoms with Crippen molar-refractivity contribution in [1.29, 1.82) is 0 Å². The molecule has 1 N–H and O–H groups in total. The van der Waals surface area contributed by atoms with E-state index >= 15 is 0 Å². The Labute approximate surface area is 99.9 Å². The lowest BCUT2D eigenvalue weighted by molar-refractivity contribution is -0.125. The van der Waals surface area contributed by atoms with E-state index in [4.69, 9.17) is 0 Å². The van der Waals surface area contributed by atoms with E-state index in [2.05, 4.69) is 0 Å². The van der Waals surface area contributed by atoms with Gasteiger partial charge in [-0.15, -0.1) is 0 Å². The number of aryl methyl sites for hydroxylation is 1. The highest BCUT2D eigenvalue weighted by molar-refractivity contribution is 6.15. The highest BCUT2D eigenvalue weighted by atomic mass is 16.3. The van der Waals surface area contributed by atoms with Gasteiger partial charge in [0.1, 0.15) is 5.75 Å². The number of anilines is 1. The van der Waals surface area contributed by atoms with Gasteiger partial charge in [-0.25, -0.2) is 0 Å². The highest BCUT2D eigenvalue weighted by Gasteiger charge is 2.25. The number of phenols is 1. The first kappa shape index (κ1) is 11.6. The van der Waals surface area contributed by atoms with Crippen LogP contribution in [0.25, 0.3) is 0 Å². The monoisotopic (exact) mass is 233 g/mol. The summed E-state index contributed by atoms with van der Waals surface area (Å²) in [7, 11) is 0. The lowest BCUT2D eigenvalue weighted by atomic mass is 10.2. The molecule has 0 aromatic heterocycles. The molecule has 0 radical (unpaired) electrons. The topological polar surface area (TPSA) is 57.6 Å². The summed E-state index contributed by atoms with van der Waals surface area (Å²) in [5.41, 5.74) is 1.21. The fourth-order valence-electron chi connectivity index (χ4n) is 1.98. The molecule has 17 heavy (non-hydrogen) atoms. The van der Waals surface area contributed by atoms with Gasteiger partial charge >= 0.3 is 0 Å². The van der Waals surface area contributed by atoms with Crippen molar-refractivity contribution in [3.63, 3.8) is 0 Å². The van der Waals surface area contributed by atoms with Gasteiger partial charge in [-0.3, -0.25) is 14.5 Å². The molecule has 4 heteroatoms. The summed E-state index contributed by atoms with van der Waals surface area (Å²) in [4.78, 5) is 25.0. The van der Waals surface area contributed by atoms with Gasteiger partial charge in [0.05, 0.1) is 5.69 Å². The maximum absolute atomic E-state index is 11.9. The molecule has 0 aliphatic carbocycles. The van der Waals surface area contributed by atoms with E-state index < -0.39 is 0 Å². The van der Waals surface area contributed by atoms with Crippen molar-refractivity contribution in [2.45, 2.75) is 32.6 Å². The molecule has 4 nitrogen and oxygen atoms in total. The van der Waals surface area contributed by atoms with Crippen LogP contribution in [0.5, 0.6) is 5.75 Å². The fraction of sp³-hybridized carbons (Fsp3) is 0.385. The molecule has 1 aliphatic rings. The van der Waals surface area contributed by atoms with E-state index in [0.29, 0.717) is 24.1 Å². The Kier molecular flexibility index (Phi) is 3.13. The second-order valence-corrected chi connectivity index (χ2v) is 4.30. The summed E-state index contributed by atoms with van der Waals surface area (Å²) in [5.74, 6) is -0.140. The molecule has 2 amide bonds. The minimum absolute atomic E-state index is 0.155. The van der Waals surface area contributed by atoms with Crippen LogP contribution in [0.1, 0.15) is 31.2 Å². The van der Waals surface area contributed by atoms with Crippen LogP contribution < -0.4 is 4.90 Å². The van der Waals surface area contributed by atoms with Crippen LogP contribution in [-0.2, 0) is 9.59 Å². The molecule has 1 aromatic carbocycles. The number of carbonyl (C=O) groups excluding carboxylic acids is 2. The summed E-state index contributed by atoms with van der Waals surface area (Å²) >= 11 is 0. The molecule has 0 bridgehead atoms. The SMILES string of the molecule is Cc1cc(N2C(=O)CCCCC2=O)ccc1O. The molecule has 1 aromatic rings. The van der Waals surface area contributed by atoms with Crippen LogP contribution in [-0.4, -0.2) is 16.9 Å². The number of hydrogen-bond donors (Lipinski definition) is 1. The van der Waals surface area contributed by atoms with Gasteiger partial charge in [0.25, 0.3) is 0 Å². The Bertz CT molecular complexity index is 450. The Morgan fingerprint density at radius 1 is 1.12 bits per heavy atom. The molecule has 1 fully saturated rings. The first-order chi connectivity index (χ1) is 8.09. The number of imide groups is 1. The van der Waals surface area contributed by atoms with Crippen molar-refractivity contribution >= 4 is 17.5 Å². The molecule has 2 rings (SSSR count). The summed E-state index contributed by atoms with van der Waals surface area (Å²) < 4.78 is 0. The maximum atomic E-state index is 11.9. The van der Waals surface area contributed by atoms with Crippen molar-refractivity contribution in [2.24, 2.45) is 0 Å². The smallest absolute Gasteiger partial charge is 0.233 e. The number of nitrogens with zero attached hydrogens (tertiary/aromatic N) is 1. The molecule has 0 unspecified atom stereocenters. The zero-order chi connectivity index (χ0) is 12.4. The molecular formula is C13H15NO3. The zero-order valence-electron chi connectivity index (χ0n) is 9.77. The Morgan fingerprint density at radius 2 is 1.71 bits per heavy atom. The van der Waals surface area contributed by atoms with Crippen molar-refractivity contribution in [2.75, 3.05) is 4.90 Å². The van der Waals surface area contributed by atoms with Crippen molar-refractivity contribution in [3.05, 3.63) is 23.8 Å². The largest absolute Gasteiger partial charge is 0.508 e. The standard InChI is InChI=1S/C13H15NO3/c1-9-8-10(6-7-11(9)15)14-12(16)4-2-3-5-13(14)17/h6-8,15H,2-5H2,1H3. The van der Waals surface area contributed by atoms with Crippen molar-refractivity contribution < 1.29 is 14.7 Å². The second-order valence-electron chi connectivity index (χ2n) is 4.30. The summed E-state index contributed by atoms with van der Waals surface area (Å²) in [6.45, 7) is 1.74. The van der Waals surface area contributed by atoms with Crippen molar-refractivity contribution in [1.82, 2.24) is 0 Å². The minimum atomic E-state index is -0.155. The average molecular weight is 233 g/mol. The fourth-order valence-corrected chi connectivity index (χ4v) is 1.98. The second kappa shape index (κ2) is 4.57. The molecule has 0 spiro atoms. The van der Waals surface area contributed by atoms with Gasteiger partial charge < -0.3 is 5.11 Å². The van der Waals surface area contributed by atoms with Crippen LogP contribution in [0, 0.1) is 6.92 Å². The molecule has 0 saturated carbocycles. The van der Waals surface area contributed by atoms with Gasteiger partial charge in [0.15, 0.2) is 0 Å². The third kappa shape index (κ3) is 2.30. The third-order valence-electron chi connectivity index (χ3n) is 2.97.